The van der Waals surface area contributed by atoms with Crippen molar-refractivity contribution < 1.29 is 4.39 Å². The van der Waals surface area contributed by atoms with Gasteiger partial charge < -0.3 is 0 Å². The van der Waals surface area contributed by atoms with Gasteiger partial charge in [0.1, 0.15) is 11.5 Å². The lowest BCUT2D eigenvalue weighted by Gasteiger charge is -1.97. The molecule has 2 aromatic rings. The van der Waals surface area contributed by atoms with Gasteiger partial charge in [-0.25, -0.2) is 9.82 Å². The van der Waals surface area contributed by atoms with E-state index in [0.717, 1.165) is 0 Å². The molecule has 1 aromatic heterocycles. The number of nitrogens with one attached hydrogen (secondary N) is 2. The predicted molar refractivity (Wildman–Crippen MR) is 65.0 cm³/mol. The monoisotopic (exact) mass is 247 g/mol. The lowest BCUT2D eigenvalue weighted by molar-refractivity contribution is 0.628. The highest BCUT2D eigenvalue weighted by molar-refractivity contribution is 5.79. The summed E-state index contributed by atoms with van der Waals surface area (Å²) < 4.78 is 12.6. The molecular formula is C11H10FN5O. The van der Waals surface area contributed by atoms with Crippen LogP contribution in [0.2, 0.25) is 0 Å². The van der Waals surface area contributed by atoms with Gasteiger partial charge >= 0.3 is 0 Å². The van der Waals surface area contributed by atoms with Gasteiger partial charge in [-0.3, -0.25) is 9.78 Å². The molecule has 0 amide bonds. The Kier molecular flexibility index (Phi) is 3.42. The Morgan fingerprint density at radius 1 is 1.33 bits per heavy atom. The molecule has 18 heavy (non-hydrogen) atoms. The van der Waals surface area contributed by atoms with E-state index in [4.69, 9.17) is 0 Å². The molecule has 0 bridgehead atoms. The number of nitrogens with zero attached hydrogens (tertiary/aromatic N) is 3. The van der Waals surface area contributed by atoms with Crippen LogP contribution in [0.4, 0.5) is 10.3 Å². The fourth-order valence-corrected chi connectivity index (χ4v) is 1.16. The number of rotatable bonds is 3. The lowest BCUT2D eigenvalue weighted by Crippen LogP contribution is -2.15. The topological polar surface area (TPSA) is 83.0 Å². The summed E-state index contributed by atoms with van der Waals surface area (Å²) >= 11 is 0. The van der Waals surface area contributed by atoms with Crippen molar-refractivity contribution in [1.29, 1.82) is 0 Å². The van der Waals surface area contributed by atoms with E-state index in [1.807, 2.05) is 0 Å². The van der Waals surface area contributed by atoms with Gasteiger partial charge in [0.15, 0.2) is 0 Å². The van der Waals surface area contributed by atoms with E-state index >= 15 is 0 Å². The minimum atomic E-state index is -0.329. The van der Waals surface area contributed by atoms with Gasteiger partial charge in [0.2, 0.25) is 5.95 Å². The molecule has 0 saturated carbocycles. The molecule has 6 nitrogen and oxygen atoms in total. The zero-order valence-corrected chi connectivity index (χ0v) is 9.51. The van der Waals surface area contributed by atoms with Gasteiger partial charge in [0, 0.05) is 0 Å². The zero-order valence-electron chi connectivity index (χ0n) is 9.51. The van der Waals surface area contributed by atoms with Crippen LogP contribution < -0.4 is 11.0 Å². The highest BCUT2D eigenvalue weighted by atomic mass is 19.1. The minimum absolute atomic E-state index is 0.143. The van der Waals surface area contributed by atoms with Gasteiger partial charge in [0.05, 0.1) is 6.21 Å². The molecule has 1 heterocycles. The summed E-state index contributed by atoms with van der Waals surface area (Å²) in [5.41, 5.74) is 3.19. The van der Waals surface area contributed by atoms with Crippen LogP contribution in [-0.4, -0.2) is 21.4 Å². The van der Waals surface area contributed by atoms with Crippen LogP contribution in [-0.2, 0) is 0 Å². The number of hydrogen-bond donors (Lipinski definition) is 2. The Morgan fingerprint density at radius 3 is 2.72 bits per heavy atom. The summed E-state index contributed by atoms with van der Waals surface area (Å²) in [5.74, 6) is -0.169. The number of H-pyrrole nitrogens is 1. The molecule has 0 radical (unpaired) electrons. The molecule has 2 N–H and O–H groups in total. The van der Waals surface area contributed by atoms with Gasteiger partial charge in [-0.2, -0.15) is 5.10 Å². The largest absolute Gasteiger partial charge is 0.288 e. The number of aryl methyl sites for hydroxylation is 1. The van der Waals surface area contributed by atoms with E-state index in [2.05, 4.69) is 25.7 Å². The number of hydrazone groups is 1. The van der Waals surface area contributed by atoms with Crippen molar-refractivity contribution in [3.05, 3.63) is 51.7 Å². The average Bonchev–Trinajstić information content (AvgIpc) is 2.36. The Balaban J connectivity index is 2.04. The zero-order chi connectivity index (χ0) is 13.0. The van der Waals surface area contributed by atoms with Crippen LogP contribution in [0.15, 0.2) is 34.2 Å². The van der Waals surface area contributed by atoms with E-state index in [9.17, 15) is 9.18 Å². The predicted octanol–water partition coefficient (Wildman–Crippen LogP) is 1.06. The van der Waals surface area contributed by atoms with E-state index in [0.29, 0.717) is 5.56 Å². The average molecular weight is 247 g/mol. The number of hydrogen-bond acceptors (Lipinski definition) is 5. The van der Waals surface area contributed by atoms with Gasteiger partial charge in [-0.1, -0.05) is 12.1 Å². The van der Waals surface area contributed by atoms with Crippen molar-refractivity contribution in [2.24, 2.45) is 5.10 Å². The molecule has 0 atom stereocenters. The number of benzene rings is 1. The maximum Gasteiger partial charge on any atom is 0.274 e. The third-order valence-electron chi connectivity index (χ3n) is 2.11. The fourth-order valence-electron chi connectivity index (χ4n) is 1.16. The Morgan fingerprint density at radius 2 is 2.06 bits per heavy atom. The standard InChI is InChI=1S/C11H10FN5O/c1-7-10(18)14-11(17-15-7)16-13-6-8-2-4-9(12)5-3-8/h2-6H,1H3,(H2,14,16,17,18). The van der Waals surface area contributed by atoms with Crippen molar-refractivity contribution in [3.8, 4) is 0 Å². The maximum absolute atomic E-state index is 12.6. The smallest absolute Gasteiger partial charge is 0.274 e. The van der Waals surface area contributed by atoms with Crippen LogP contribution in [0.5, 0.6) is 0 Å². The molecule has 92 valence electrons. The summed E-state index contributed by atoms with van der Waals surface area (Å²) in [4.78, 5) is 13.7. The molecule has 0 fully saturated rings. The van der Waals surface area contributed by atoms with Crippen LogP contribution >= 0.6 is 0 Å². The van der Waals surface area contributed by atoms with Crippen LogP contribution in [0, 0.1) is 12.7 Å². The number of aromatic nitrogens is 3. The van der Waals surface area contributed by atoms with Gasteiger partial charge in [-0.05, 0) is 24.6 Å². The second-order valence-corrected chi connectivity index (χ2v) is 3.51. The lowest BCUT2D eigenvalue weighted by atomic mass is 10.2. The maximum atomic E-state index is 12.6. The van der Waals surface area contributed by atoms with Crippen LogP contribution in [0.1, 0.15) is 11.3 Å². The molecule has 0 saturated heterocycles. The van der Waals surface area contributed by atoms with E-state index < -0.39 is 0 Å². The van der Waals surface area contributed by atoms with Crippen molar-refractivity contribution >= 4 is 12.2 Å². The van der Waals surface area contributed by atoms with Crippen LogP contribution in [0.25, 0.3) is 0 Å². The molecule has 0 aliphatic heterocycles. The second-order valence-electron chi connectivity index (χ2n) is 3.51. The summed E-state index contributed by atoms with van der Waals surface area (Å²) in [7, 11) is 0. The Bertz CT molecular complexity index is 620. The van der Waals surface area contributed by atoms with Crippen molar-refractivity contribution in [2.75, 3.05) is 5.43 Å². The van der Waals surface area contributed by atoms with E-state index in [1.54, 1.807) is 19.1 Å². The summed E-state index contributed by atoms with van der Waals surface area (Å²) in [6.07, 6.45) is 1.47. The molecule has 2 rings (SSSR count). The molecule has 1 aromatic carbocycles. The first kappa shape index (κ1) is 11.9. The molecule has 0 aliphatic rings. The van der Waals surface area contributed by atoms with Gasteiger partial charge in [0.25, 0.3) is 5.56 Å². The molecule has 0 unspecified atom stereocenters. The van der Waals surface area contributed by atoms with Gasteiger partial charge in [-0.15, -0.1) is 10.2 Å². The number of anilines is 1. The first-order valence-electron chi connectivity index (χ1n) is 5.13. The third kappa shape index (κ3) is 2.97. The highest BCUT2D eigenvalue weighted by Gasteiger charge is 1.97. The Labute approximate surface area is 102 Å². The SMILES string of the molecule is Cc1nnc(NN=Cc2ccc(F)cc2)[nH]c1=O. The normalized spacial score (nSPS) is 10.8. The minimum Gasteiger partial charge on any atom is -0.288 e. The number of halogens is 1. The summed E-state index contributed by atoms with van der Waals surface area (Å²) in [6, 6.07) is 5.80. The Hall–Kier alpha value is -2.57. The molecular weight excluding hydrogens is 237 g/mol. The third-order valence-corrected chi connectivity index (χ3v) is 2.11. The van der Waals surface area contributed by atoms with Crippen molar-refractivity contribution in [3.63, 3.8) is 0 Å². The molecule has 0 aliphatic carbocycles. The van der Waals surface area contributed by atoms with Crippen molar-refractivity contribution in [2.45, 2.75) is 6.92 Å². The highest BCUT2D eigenvalue weighted by Crippen LogP contribution is 2.00. The molecule has 7 heteroatoms. The first-order chi connectivity index (χ1) is 8.65. The fraction of sp³-hybridized carbons (Fsp3) is 0.0909. The van der Waals surface area contributed by atoms with E-state index in [-0.39, 0.29) is 23.0 Å². The quantitative estimate of drug-likeness (QED) is 0.627. The van der Waals surface area contributed by atoms with Crippen LogP contribution in [0.3, 0.4) is 0 Å². The summed E-state index contributed by atoms with van der Waals surface area (Å²) in [6.45, 7) is 1.55. The summed E-state index contributed by atoms with van der Waals surface area (Å²) in [5, 5.41) is 11.2. The number of aromatic amines is 1. The molecule has 0 spiro atoms. The van der Waals surface area contributed by atoms with Crippen molar-refractivity contribution in [1.82, 2.24) is 15.2 Å². The van der Waals surface area contributed by atoms with E-state index in [1.165, 1.54) is 18.3 Å². The first-order valence-corrected chi connectivity index (χ1v) is 5.13. The second kappa shape index (κ2) is 5.17.